The molecule has 3 nitrogen and oxygen atoms in total. The van der Waals surface area contributed by atoms with Gasteiger partial charge in [-0.25, -0.2) is 0 Å². The van der Waals surface area contributed by atoms with Crippen LogP contribution in [0.3, 0.4) is 0 Å². The second-order valence-electron chi connectivity index (χ2n) is 7.90. The van der Waals surface area contributed by atoms with Crippen LogP contribution in [-0.4, -0.2) is 9.55 Å². The molecule has 6 aromatic rings. The van der Waals surface area contributed by atoms with E-state index in [9.17, 15) is 0 Å². The quantitative estimate of drug-likeness (QED) is 0.292. The van der Waals surface area contributed by atoms with Crippen LogP contribution >= 0.6 is 0 Å². The predicted octanol–water partition coefficient (Wildman–Crippen LogP) is 7.28. The van der Waals surface area contributed by atoms with Crippen molar-refractivity contribution in [2.24, 2.45) is 0 Å². The van der Waals surface area contributed by atoms with Crippen LogP contribution < -0.4 is 5.73 Å². The maximum atomic E-state index is 5.86. The molecule has 6 rings (SSSR count). The molecule has 0 aliphatic carbocycles. The SMILES string of the molecule is CCc1cccc2c1[nH]c1ccccc12.CCn1c2ccccc2c2cc(N)ccc21. The van der Waals surface area contributed by atoms with E-state index >= 15 is 0 Å². The summed E-state index contributed by atoms with van der Waals surface area (Å²) in [7, 11) is 0. The Morgan fingerprint density at radius 2 is 1.42 bits per heavy atom. The zero-order valence-corrected chi connectivity index (χ0v) is 18.0. The smallest absolute Gasteiger partial charge is 0.0497 e. The van der Waals surface area contributed by atoms with Crippen molar-refractivity contribution in [2.75, 3.05) is 5.73 Å². The number of hydrogen-bond donors (Lipinski definition) is 2. The van der Waals surface area contributed by atoms with Gasteiger partial charge in [0.15, 0.2) is 0 Å². The van der Waals surface area contributed by atoms with Gasteiger partial charge >= 0.3 is 0 Å². The standard InChI is InChI=1S/C14H14N2.C14H13N/c1-2-16-13-6-4-3-5-11(13)12-9-10(15)7-8-14(12)16;1-2-10-6-5-8-12-11-7-3-4-9-13(11)15-14(10)12/h3-9H,2,15H2,1H3;3-9,15H,2H2,1H3. The van der Waals surface area contributed by atoms with Gasteiger partial charge in [0.2, 0.25) is 0 Å². The molecule has 0 atom stereocenters. The number of para-hydroxylation sites is 3. The average Bonchev–Trinajstić information content (AvgIpc) is 3.34. The van der Waals surface area contributed by atoms with E-state index in [4.69, 9.17) is 5.73 Å². The molecule has 2 aromatic heterocycles. The predicted molar refractivity (Wildman–Crippen MR) is 135 cm³/mol. The number of aromatic nitrogens is 2. The first-order chi connectivity index (χ1) is 15.2. The second-order valence-corrected chi connectivity index (χ2v) is 7.90. The van der Waals surface area contributed by atoms with E-state index in [1.807, 2.05) is 6.07 Å². The highest BCUT2D eigenvalue weighted by molar-refractivity contribution is 6.09. The second kappa shape index (κ2) is 7.84. The largest absolute Gasteiger partial charge is 0.399 e. The summed E-state index contributed by atoms with van der Waals surface area (Å²) in [5.74, 6) is 0. The van der Waals surface area contributed by atoms with Crippen molar-refractivity contribution >= 4 is 49.3 Å². The van der Waals surface area contributed by atoms with Crippen LogP contribution in [-0.2, 0) is 13.0 Å². The number of rotatable bonds is 2. The molecule has 31 heavy (non-hydrogen) atoms. The fraction of sp³-hybridized carbons (Fsp3) is 0.143. The fourth-order valence-corrected chi connectivity index (χ4v) is 4.64. The summed E-state index contributed by atoms with van der Waals surface area (Å²) in [4.78, 5) is 3.50. The summed E-state index contributed by atoms with van der Waals surface area (Å²) < 4.78 is 2.32. The first kappa shape index (κ1) is 19.3. The van der Waals surface area contributed by atoms with Crippen LogP contribution in [0.15, 0.2) is 84.9 Å². The molecule has 154 valence electrons. The number of aryl methyl sites for hydroxylation is 2. The van der Waals surface area contributed by atoms with Crippen LogP contribution in [0.2, 0.25) is 0 Å². The summed E-state index contributed by atoms with van der Waals surface area (Å²) in [6.07, 6.45) is 1.07. The van der Waals surface area contributed by atoms with E-state index in [0.29, 0.717) is 0 Å². The molecule has 0 aliphatic heterocycles. The lowest BCUT2D eigenvalue weighted by Crippen LogP contribution is -1.92. The molecule has 0 bridgehead atoms. The molecule has 0 unspecified atom stereocenters. The van der Waals surface area contributed by atoms with E-state index in [-0.39, 0.29) is 0 Å². The molecular formula is C28H27N3. The Labute approximate surface area is 182 Å². The van der Waals surface area contributed by atoms with E-state index in [1.165, 1.54) is 49.2 Å². The van der Waals surface area contributed by atoms with Crippen LogP contribution in [0.4, 0.5) is 5.69 Å². The lowest BCUT2D eigenvalue weighted by atomic mass is 10.1. The Morgan fingerprint density at radius 3 is 2.23 bits per heavy atom. The number of hydrogen-bond acceptors (Lipinski definition) is 1. The summed E-state index contributed by atoms with van der Waals surface area (Å²) in [5.41, 5.74) is 13.1. The summed E-state index contributed by atoms with van der Waals surface area (Å²) in [6.45, 7) is 5.34. The Morgan fingerprint density at radius 1 is 0.710 bits per heavy atom. The van der Waals surface area contributed by atoms with Crippen molar-refractivity contribution in [1.29, 1.82) is 0 Å². The molecule has 0 saturated heterocycles. The third-order valence-electron chi connectivity index (χ3n) is 6.12. The summed E-state index contributed by atoms with van der Waals surface area (Å²) in [5, 5.41) is 5.19. The molecule has 0 saturated carbocycles. The van der Waals surface area contributed by atoms with Crippen LogP contribution in [0, 0.1) is 0 Å². The normalized spacial score (nSPS) is 11.3. The third-order valence-corrected chi connectivity index (χ3v) is 6.12. The summed E-state index contributed by atoms with van der Waals surface area (Å²) >= 11 is 0. The lowest BCUT2D eigenvalue weighted by Gasteiger charge is -2.02. The molecule has 0 aliphatic rings. The lowest BCUT2D eigenvalue weighted by molar-refractivity contribution is 0.827. The molecule has 2 heterocycles. The minimum Gasteiger partial charge on any atom is -0.399 e. The van der Waals surface area contributed by atoms with E-state index < -0.39 is 0 Å². The van der Waals surface area contributed by atoms with Gasteiger partial charge in [0.25, 0.3) is 0 Å². The highest BCUT2D eigenvalue weighted by atomic mass is 15.0. The maximum absolute atomic E-state index is 5.86. The Kier molecular flexibility index (Phi) is 4.87. The molecule has 3 heteroatoms. The van der Waals surface area contributed by atoms with Crippen molar-refractivity contribution < 1.29 is 0 Å². The molecule has 3 N–H and O–H groups in total. The monoisotopic (exact) mass is 405 g/mol. The fourth-order valence-electron chi connectivity index (χ4n) is 4.64. The molecule has 4 aromatic carbocycles. The number of nitrogens with two attached hydrogens (primary N) is 1. The highest BCUT2D eigenvalue weighted by Crippen LogP contribution is 2.30. The molecular weight excluding hydrogens is 378 g/mol. The molecule has 0 fully saturated rings. The van der Waals surface area contributed by atoms with Gasteiger partial charge in [-0.1, -0.05) is 61.5 Å². The first-order valence-corrected chi connectivity index (χ1v) is 11.0. The topological polar surface area (TPSA) is 46.7 Å². The average molecular weight is 406 g/mol. The van der Waals surface area contributed by atoms with Crippen LogP contribution in [0.1, 0.15) is 19.4 Å². The Balaban J connectivity index is 0.000000132. The minimum atomic E-state index is 0.825. The van der Waals surface area contributed by atoms with Gasteiger partial charge < -0.3 is 15.3 Å². The van der Waals surface area contributed by atoms with Crippen molar-refractivity contribution in [3.63, 3.8) is 0 Å². The molecule has 0 spiro atoms. The number of fused-ring (bicyclic) bond motifs is 6. The van der Waals surface area contributed by atoms with E-state index in [1.54, 1.807) is 0 Å². The number of nitrogens with zero attached hydrogens (tertiary/aromatic N) is 1. The Hall–Kier alpha value is -3.72. The van der Waals surface area contributed by atoms with Gasteiger partial charge in [-0.3, -0.25) is 0 Å². The third kappa shape index (κ3) is 3.23. The number of benzene rings is 4. The van der Waals surface area contributed by atoms with Crippen molar-refractivity contribution in [3.8, 4) is 0 Å². The highest BCUT2D eigenvalue weighted by Gasteiger charge is 2.08. The van der Waals surface area contributed by atoms with Gasteiger partial charge in [-0.15, -0.1) is 0 Å². The maximum Gasteiger partial charge on any atom is 0.0497 e. The zero-order valence-electron chi connectivity index (χ0n) is 18.0. The molecule has 0 amide bonds. The summed E-state index contributed by atoms with van der Waals surface area (Å²) in [6, 6.07) is 29.6. The van der Waals surface area contributed by atoms with Crippen molar-refractivity contribution in [1.82, 2.24) is 9.55 Å². The molecule has 0 radical (unpaired) electrons. The number of aromatic amines is 1. The zero-order chi connectivity index (χ0) is 21.4. The number of nitrogen functional groups attached to an aromatic ring is 1. The van der Waals surface area contributed by atoms with Crippen molar-refractivity contribution in [2.45, 2.75) is 26.8 Å². The first-order valence-electron chi connectivity index (χ1n) is 11.0. The van der Waals surface area contributed by atoms with Gasteiger partial charge in [0, 0.05) is 55.8 Å². The minimum absolute atomic E-state index is 0.825. The van der Waals surface area contributed by atoms with E-state index in [0.717, 1.165) is 18.7 Å². The van der Waals surface area contributed by atoms with Crippen LogP contribution in [0.5, 0.6) is 0 Å². The number of anilines is 1. The van der Waals surface area contributed by atoms with Gasteiger partial charge in [-0.05, 0) is 49.2 Å². The van der Waals surface area contributed by atoms with Crippen molar-refractivity contribution in [3.05, 3.63) is 90.5 Å². The van der Waals surface area contributed by atoms with Crippen LogP contribution in [0.25, 0.3) is 43.6 Å². The van der Waals surface area contributed by atoms with Gasteiger partial charge in [0.05, 0.1) is 0 Å². The number of H-pyrrole nitrogens is 1. The van der Waals surface area contributed by atoms with E-state index in [2.05, 4.69) is 102 Å². The van der Waals surface area contributed by atoms with Gasteiger partial charge in [0.1, 0.15) is 0 Å². The Bertz CT molecular complexity index is 1520. The number of nitrogens with one attached hydrogen (secondary N) is 1. The van der Waals surface area contributed by atoms with Gasteiger partial charge in [-0.2, -0.15) is 0 Å².